The number of nitrogens with zero attached hydrogens (tertiary/aromatic N) is 1. The van der Waals surface area contributed by atoms with Crippen LogP contribution in [0.25, 0.3) is 0 Å². The first-order chi connectivity index (χ1) is 11.1. The average Bonchev–Trinajstić information content (AvgIpc) is 3.08. The van der Waals surface area contributed by atoms with Gasteiger partial charge in [0.1, 0.15) is 11.4 Å². The molecule has 1 aliphatic heterocycles. The first-order valence-corrected chi connectivity index (χ1v) is 7.99. The number of benzene rings is 1. The molecule has 2 fully saturated rings. The number of rotatable bonds is 5. The zero-order valence-electron chi connectivity index (χ0n) is 13.5. The molecular formula is C19H23NO3. The number of hydrogen-bond donors (Lipinski definition) is 0. The Morgan fingerprint density at radius 2 is 1.87 bits per heavy atom. The van der Waals surface area contributed by atoms with Crippen molar-refractivity contribution in [1.82, 2.24) is 4.90 Å². The first kappa shape index (κ1) is 15.7. The van der Waals surface area contributed by atoms with Crippen LogP contribution in [0.15, 0.2) is 49.6 Å². The lowest BCUT2D eigenvalue weighted by Gasteiger charge is -2.31. The molecule has 1 aromatic rings. The maximum Gasteiger partial charge on any atom is 0.410 e. The van der Waals surface area contributed by atoms with Crippen molar-refractivity contribution >= 4 is 6.09 Å². The number of carbonyl (C=O) groups excluding carboxylic acids is 1. The largest absolute Gasteiger partial charge is 0.497 e. The van der Waals surface area contributed by atoms with Crippen LogP contribution in [-0.2, 0) is 11.3 Å². The Kier molecular flexibility index (Phi) is 4.16. The molecule has 1 spiro atoms. The van der Waals surface area contributed by atoms with Crippen LogP contribution in [0.2, 0.25) is 0 Å². The molecule has 122 valence electrons. The van der Waals surface area contributed by atoms with Crippen molar-refractivity contribution in [1.29, 1.82) is 0 Å². The van der Waals surface area contributed by atoms with Crippen LogP contribution >= 0.6 is 0 Å². The molecule has 3 rings (SSSR count). The number of amides is 1. The predicted octanol–water partition coefficient (Wildman–Crippen LogP) is 3.78. The second-order valence-electron chi connectivity index (χ2n) is 6.29. The first-order valence-electron chi connectivity index (χ1n) is 7.99. The van der Waals surface area contributed by atoms with Crippen molar-refractivity contribution in [3.8, 4) is 5.75 Å². The molecule has 0 radical (unpaired) electrons. The van der Waals surface area contributed by atoms with Crippen LogP contribution in [0.1, 0.15) is 18.4 Å². The van der Waals surface area contributed by atoms with Gasteiger partial charge in [-0.25, -0.2) is 4.79 Å². The second kappa shape index (κ2) is 6.11. The molecule has 1 heterocycles. The molecule has 2 atom stereocenters. The van der Waals surface area contributed by atoms with E-state index in [0.29, 0.717) is 13.1 Å². The van der Waals surface area contributed by atoms with Crippen LogP contribution in [0.4, 0.5) is 4.79 Å². The van der Waals surface area contributed by atoms with Crippen molar-refractivity contribution in [3.05, 3.63) is 55.1 Å². The summed E-state index contributed by atoms with van der Waals surface area (Å²) in [7, 11) is 1.64. The van der Waals surface area contributed by atoms with Gasteiger partial charge < -0.3 is 9.47 Å². The van der Waals surface area contributed by atoms with Gasteiger partial charge in [-0.3, -0.25) is 4.90 Å². The lowest BCUT2D eigenvalue weighted by Crippen LogP contribution is -2.42. The quantitative estimate of drug-likeness (QED) is 0.776. The van der Waals surface area contributed by atoms with Gasteiger partial charge in [-0.15, -0.1) is 13.2 Å². The summed E-state index contributed by atoms with van der Waals surface area (Å²) in [6.07, 6.45) is 5.58. The van der Waals surface area contributed by atoms with Gasteiger partial charge in [0, 0.05) is 18.4 Å². The number of ether oxygens (including phenoxy) is 2. The summed E-state index contributed by atoms with van der Waals surface area (Å²) in [4.78, 5) is 14.2. The van der Waals surface area contributed by atoms with E-state index in [0.717, 1.165) is 24.2 Å². The number of carbonyl (C=O) groups is 1. The topological polar surface area (TPSA) is 38.8 Å². The van der Waals surface area contributed by atoms with E-state index in [1.807, 2.05) is 36.4 Å². The molecule has 4 heteroatoms. The highest BCUT2D eigenvalue weighted by molar-refractivity contribution is 5.71. The second-order valence-corrected chi connectivity index (χ2v) is 6.29. The van der Waals surface area contributed by atoms with Crippen LogP contribution < -0.4 is 4.74 Å². The van der Waals surface area contributed by atoms with E-state index in [2.05, 4.69) is 13.2 Å². The highest BCUT2D eigenvalue weighted by Crippen LogP contribution is 2.48. The average molecular weight is 313 g/mol. The molecule has 0 bridgehead atoms. The molecule has 0 N–H and O–H groups in total. The standard InChI is InChI=1S/C19H23NO3/c1-4-15-8-9-16(5-2)19(15)13-20(18(21)23-19)12-14-6-10-17(22-3)11-7-14/h4-7,10-11,15-16H,1-2,8-9,12-13H2,3H3/t15-,16-/m0/s1. The van der Waals surface area contributed by atoms with Crippen LogP contribution in [-0.4, -0.2) is 30.2 Å². The van der Waals surface area contributed by atoms with Crippen molar-refractivity contribution in [3.63, 3.8) is 0 Å². The van der Waals surface area contributed by atoms with Crippen LogP contribution in [0, 0.1) is 11.8 Å². The van der Waals surface area contributed by atoms with Crippen LogP contribution in [0.3, 0.4) is 0 Å². The Labute approximate surface area is 137 Å². The molecule has 4 nitrogen and oxygen atoms in total. The van der Waals surface area contributed by atoms with E-state index in [-0.39, 0.29) is 17.9 Å². The van der Waals surface area contributed by atoms with Gasteiger partial charge in [-0.05, 0) is 30.5 Å². The van der Waals surface area contributed by atoms with E-state index < -0.39 is 5.60 Å². The SMILES string of the molecule is C=C[C@H]1CC[C@H](C=C)C12CN(Cc1ccc(OC)cc1)C(=O)O2. The van der Waals surface area contributed by atoms with E-state index in [1.54, 1.807) is 12.0 Å². The normalized spacial score (nSPS) is 25.4. The summed E-state index contributed by atoms with van der Waals surface area (Å²) >= 11 is 0. The monoisotopic (exact) mass is 313 g/mol. The summed E-state index contributed by atoms with van der Waals surface area (Å²) in [6.45, 7) is 8.98. The van der Waals surface area contributed by atoms with Crippen LogP contribution in [0.5, 0.6) is 5.75 Å². The third kappa shape index (κ3) is 2.62. The zero-order valence-corrected chi connectivity index (χ0v) is 13.5. The Morgan fingerprint density at radius 1 is 1.26 bits per heavy atom. The summed E-state index contributed by atoms with van der Waals surface area (Å²) in [5, 5.41) is 0. The van der Waals surface area contributed by atoms with Gasteiger partial charge in [0.2, 0.25) is 0 Å². The van der Waals surface area contributed by atoms with Crippen molar-refractivity contribution < 1.29 is 14.3 Å². The molecule has 1 amide bonds. The van der Waals surface area contributed by atoms with E-state index in [1.165, 1.54) is 0 Å². The number of methoxy groups -OCH3 is 1. The smallest absolute Gasteiger partial charge is 0.410 e. The lowest BCUT2D eigenvalue weighted by atomic mass is 9.84. The van der Waals surface area contributed by atoms with Gasteiger partial charge in [-0.1, -0.05) is 24.3 Å². The van der Waals surface area contributed by atoms with Gasteiger partial charge in [0.15, 0.2) is 0 Å². The third-order valence-electron chi connectivity index (χ3n) is 5.12. The van der Waals surface area contributed by atoms with E-state index >= 15 is 0 Å². The lowest BCUT2D eigenvalue weighted by molar-refractivity contribution is 0.0173. The molecule has 0 aromatic heterocycles. The minimum atomic E-state index is -0.493. The maximum absolute atomic E-state index is 12.4. The van der Waals surface area contributed by atoms with Gasteiger partial charge in [0.25, 0.3) is 0 Å². The summed E-state index contributed by atoms with van der Waals surface area (Å²) in [5.74, 6) is 1.19. The van der Waals surface area contributed by atoms with E-state index in [9.17, 15) is 4.79 Å². The minimum absolute atomic E-state index is 0.190. The zero-order chi connectivity index (χ0) is 16.4. The van der Waals surface area contributed by atoms with Gasteiger partial charge >= 0.3 is 6.09 Å². The summed E-state index contributed by atoms with van der Waals surface area (Å²) in [6, 6.07) is 7.76. The fourth-order valence-corrected chi connectivity index (χ4v) is 3.84. The molecule has 0 unspecified atom stereocenters. The van der Waals surface area contributed by atoms with E-state index in [4.69, 9.17) is 9.47 Å². The van der Waals surface area contributed by atoms with Crippen molar-refractivity contribution in [2.75, 3.05) is 13.7 Å². The fraction of sp³-hybridized carbons (Fsp3) is 0.421. The van der Waals surface area contributed by atoms with Gasteiger partial charge in [0.05, 0.1) is 13.7 Å². The highest BCUT2D eigenvalue weighted by atomic mass is 16.6. The molecule has 2 aliphatic rings. The fourth-order valence-electron chi connectivity index (χ4n) is 3.84. The van der Waals surface area contributed by atoms with Gasteiger partial charge in [-0.2, -0.15) is 0 Å². The van der Waals surface area contributed by atoms with Crippen molar-refractivity contribution in [2.24, 2.45) is 11.8 Å². The Morgan fingerprint density at radius 3 is 2.39 bits per heavy atom. The Balaban J connectivity index is 1.78. The molecule has 1 aliphatic carbocycles. The predicted molar refractivity (Wildman–Crippen MR) is 89.2 cm³/mol. The maximum atomic E-state index is 12.4. The summed E-state index contributed by atoms with van der Waals surface area (Å²) in [5.41, 5.74) is 0.565. The molecular weight excluding hydrogens is 290 g/mol. The third-order valence-corrected chi connectivity index (χ3v) is 5.12. The molecule has 23 heavy (non-hydrogen) atoms. The molecule has 1 aromatic carbocycles. The molecule has 1 saturated carbocycles. The highest BCUT2D eigenvalue weighted by Gasteiger charge is 2.56. The van der Waals surface area contributed by atoms with Crippen molar-refractivity contribution in [2.45, 2.75) is 25.0 Å². The Bertz CT molecular complexity index is 592. The number of hydrogen-bond acceptors (Lipinski definition) is 3. The Hall–Kier alpha value is -2.23. The summed E-state index contributed by atoms with van der Waals surface area (Å²) < 4.78 is 11.0. The molecule has 1 saturated heterocycles. The minimum Gasteiger partial charge on any atom is -0.497 e.